The van der Waals surface area contributed by atoms with Crippen molar-refractivity contribution in [1.29, 1.82) is 0 Å². The van der Waals surface area contributed by atoms with Crippen LogP contribution in [-0.2, 0) is 11.2 Å². The molecule has 1 atom stereocenters. The predicted molar refractivity (Wildman–Crippen MR) is 67.9 cm³/mol. The highest BCUT2D eigenvalue weighted by molar-refractivity contribution is 9.10. The Hall–Kier alpha value is 0.0600. The van der Waals surface area contributed by atoms with E-state index in [1.807, 2.05) is 13.8 Å². The first-order valence-electron chi connectivity index (χ1n) is 4.93. The number of halogens is 1. The first-order valence-corrected chi connectivity index (χ1v) is 6.60. The van der Waals surface area contributed by atoms with Gasteiger partial charge in [-0.3, -0.25) is 11.3 Å². The van der Waals surface area contributed by atoms with E-state index in [0.29, 0.717) is 6.61 Å². The average molecular weight is 293 g/mol. The summed E-state index contributed by atoms with van der Waals surface area (Å²) in [7, 11) is 0. The zero-order valence-corrected chi connectivity index (χ0v) is 11.4. The van der Waals surface area contributed by atoms with Crippen molar-refractivity contribution in [3.05, 3.63) is 20.8 Å². The van der Waals surface area contributed by atoms with Crippen LogP contribution in [0.25, 0.3) is 0 Å². The van der Waals surface area contributed by atoms with E-state index in [0.717, 1.165) is 10.9 Å². The van der Waals surface area contributed by atoms with E-state index in [9.17, 15) is 0 Å². The Morgan fingerprint density at radius 1 is 1.60 bits per heavy atom. The Balaban J connectivity index is 2.43. The predicted octanol–water partition coefficient (Wildman–Crippen LogP) is 2.31. The van der Waals surface area contributed by atoms with Gasteiger partial charge in [0.1, 0.15) is 0 Å². The van der Waals surface area contributed by atoms with Crippen LogP contribution in [0.1, 0.15) is 18.7 Å². The number of thiophene rings is 1. The van der Waals surface area contributed by atoms with Crippen LogP contribution in [0.5, 0.6) is 0 Å². The molecule has 0 aliphatic rings. The van der Waals surface area contributed by atoms with Gasteiger partial charge in [-0.25, -0.2) is 0 Å². The summed E-state index contributed by atoms with van der Waals surface area (Å²) >= 11 is 5.23. The normalized spacial score (nSPS) is 13.4. The van der Waals surface area contributed by atoms with Crippen LogP contribution in [0.15, 0.2) is 15.9 Å². The van der Waals surface area contributed by atoms with Crippen molar-refractivity contribution < 1.29 is 4.74 Å². The van der Waals surface area contributed by atoms with Gasteiger partial charge in [-0.1, -0.05) is 0 Å². The number of nitrogens with two attached hydrogens (primary N) is 1. The van der Waals surface area contributed by atoms with Gasteiger partial charge in [0.25, 0.3) is 0 Å². The minimum atomic E-state index is 0.169. The van der Waals surface area contributed by atoms with Gasteiger partial charge in [-0.05, 0) is 41.2 Å². The van der Waals surface area contributed by atoms with Crippen LogP contribution in [0.3, 0.4) is 0 Å². The Labute approximate surface area is 103 Å². The standard InChI is InChI=1S/C10H17BrN2OS/c1-7(2)14-6-8(13-12)5-10-9(11)3-4-15-10/h3-4,7-8,13H,5-6,12H2,1-2H3. The second-order valence-corrected chi connectivity index (χ2v) is 5.50. The molecule has 0 aliphatic heterocycles. The van der Waals surface area contributed by atoms with Gasteiger partial charge in [0.2, 0.25) is 0 Å². The maximum absolute atomic E-state index is 5.53. The summed E-state index contributed by atoms with van der Waals surface area (Å²) in [6.45, 7) is 4.68. The number of hydrogen-bond donors (Lipinski definition) is 2. The van der Waals surface area contributed by atoms with Crippen LogP contribution in [0.2, 0.25) is 0 Å². The summed E-state index contributed by atoms with van der Waals surface area (Å²) in [5.41, 5.74) is 2.78. The quantitative estimate of drug-likeness (QED) is 0.625. The second kappa shape index (κ2) is 6.60. The summed E-state index contributed by atoms with van der Waals surface area (Å²) in [5, 5.41) is 2.07. The topological polar surface area (TPSA) is 47.3 Å². The van der Waals surface area contributed by atoms with Crippen molar-refractivity contribution in [2.24, 2.45) is 5.84 Å². The molecule has 0 amide bonds. The molecule has 0 bridgehead atoms. The number of hydrazine groups is 1. The molecule has 5 heteroatoms. The van der Waals surface area contributed by atoms with Crippen molar-refractivity contribution in [2.75, 3.05) is 6.61 Å². The summed E-state index contributed by atoms with van der Waals surface area (Å²) in [6.07, 6.45) is 1.13. The number of rotatable bonds is 6. The minimum Gasteiger partial charge on any atom is -0.377 e. The number of nitrogens with one attached hydrogen (secondary N) is 1. The third-order valence-electron chi connectivity index (χ3n) is 1.99. The second-order valence-electron chi connectivity index (χ2n) is 3.64. The molecular formula is C10H17BrN2OS. The van der Waals surface area contributed by atoms with Crippen molar-refractivity contribution in [1.82, 2.24) is 5.43 Å². The van der Waals surface area contributed by atoms with Crippen LogP contribution in [-0.4, -0.2) is 18.8 Å². The van der Waals surface area contributed by atoms with E-state index in [1.54, 1.807) is 11.3 Å². The highest BCUT2D eigenvalue weighted by Gasteiger charge is 2.11. The van der Waals surface area contributed by atoms with Crippen LogP contribution >= 0.6 is 27.3 Å². The maximum Gasteiger partial charge on any atom is 0.0640 e. The van der Waals surface area contributed by atoms with Crippen LogP contribution in [0.4, 0.5) is 0 Å². The molecule has 3 N–H and O–H groups in total. The zero-order valence-electron chi connectivity index (χ0n) is 9.00. The lowest BCUT2D eigenvalue weighted by Crippen LogP contribution is -2.40. The fraction of sp³-hybridized carbons (Fsp3) is 0.600. The monoisotopic (exact) mass is 292 g/mol. The smallest absolute Gasteiger partial charge is 0.0640 e. The van der Waals surface area contributed by atoms with E-state index in [-0.39, 0.29) is 12.1 Å². The van der Waals surface area contributed by atoms with Crippen molar-refractivity contribution in [2.45, 2.75) is 32.4 Å². The largest absolute Gasteiger partial charge is 0.377 e. The summed E-state index contributed by atoms with van der Waals surface area (Å²) in [6, 6.07) is 2.22. The van der Waals surface area contributed by atoms with E-state index < -0.39 is 0 Å². The Morgan fingerprint density at radius 3 is 2.80 bits per heavy atom. The molecule has 86 valence electrons. The molecule has 0 aromatic carbocycles. The molecule has 0 saturated carbocycles. The molecule has 1 aromatic rings. The third kappa shape index (κ3) is 4.61. The summed E-state index contributed by atoms with van der Waals surface area (Å²) in [4.78, 5) is 1.30. The molecule has 0 aliphatic carbocycles. The Kier molecular flexibility index (Phi) is 5.78. The lowest BCUT2D eigenvalue weighted by Gasteiger charge is -2.17. The lowest BCUT2D eigenvalue weighted by molar-refractivity contribution is 0.0614. The lowest BCUT2D eigenvalue weighted by atomic mass is 10.2. The van der Waals surface area contributed by atoms with Crippen LogP contribution < -0.4 is 11.3 Å². The number of ether oxygens (including phenoxy) is 1. The molecule has 0 radical (unpaired) electrons. The summed E-state index contributed by atoms with van der Waals surface area (Å²) in [5.74, 6) is 5.48. The fourth-order valence-electron chi connectivity index (χ4n) is 1.17. The van der Waals surface area contributed by atoms with Gasteiger partial charge in [0.05, 0.1) is 12.7 Å². The van der Waals surface area contributed by atoms with Gasteiger partial charge in [-0.15, -0.1) is 11.3 Å². The zero-order chi connectivity index (χ0) is 11.3. The first kappa shape index (κ1) is 13.1. The molecule has 1 rings (SSSR count). The first-order chi connectivity index (χ1) is 7.13. The van der Waals surface area contributed by atoms with Crippen molar-refractivity contribution >= 4 is 27.3 Å². The van der Waals surface area contributed by atoms with E-state index in [2.05, 4.69) is 32.8 Å². The highest BCUT2D eigenvalue weighted by atomic mass is 79.9. The van der Waals surface area contributed by atoms with Crippen LogP contribution in [0, 0.1) is 0 Å². The van der Waals surface area contributed by atoms with E-state index in [4.69, 9.17) is 10.6 Å². The van der Waals surface area contributed by atoms with Crippen molar-refractivity contribution in [3.63, 3.8) is 0 Å². The molecule has 0 spiro atoms. The van der Waals surface area contributed by atoms with Crippen molar-refractivity contribution in [3.8, 4) is 0 Å². The van der Waals surface area contributed by atoms with E-state index >= 15 is 0 Å². The van der Waals surface area contributed by atoms with Gasteiger partial charge in [0, 0.05) is 21.8 Å². The SMILES string of the molecule is CC(C)OCC(Cc1sccc1Br)NN. The molecule has 1 aromatic heterocycles. The highest BCUT2D eigenvalue weighted by Crippen LogP contribution is 2.23. The van der Waals surface area contributed by atoms with Gasteiger partial charge in [0.15, 0.2) is 0 Å². The third-order valence-corrected chi connectivity index (χ3v) is 3.94. The van der Waals surface area contributed by atoms with Gasteiger partial charge >= 0.3 is 0 Å². The number of hydrogen-bond acceptors (Lipinski definition) is 4. The minimum absolute atomic E-state index is 0.169. The molecular weight excluding hydrogens is 276 g/mol. The molecule has 0 saturated heterocycles. The maximum atomic E-state index is 5.53. The molecule has 0 fully saturated rings. The van der Waals surface area contributed by atoms with Gasteiger partial charge in [-0.2, -0.15) is 0 Å². The Bertz CT molecular complexity index is 291. The summed E-state index contributed by atoms with van der Waals surface area (Å²) < 4.78 is 6.68. The van der Waals surface area contributed by atoms with Gasteiger partial charge < -0.3 is 4.74 Å². The average Bonchev–Trinajstić information content (AvgIpc) is 2.58. The van der Waals surface area contributed by atoms with E-state index in [1.165, 1.54) is 4.88 Å². The molecule has 1 heterocycles. The Morgan fingerprint density at radius 2 is 2.33 bits per heavy atom. The molecule has 15 heavy (non-hydrogen) atoms. The fourth-order valence-corrected chi connectivity index (χ4v) is 2.76. The molecule has 1 unspecified atom stereocenters. The molecule has 3 nitrogen and oxygen atoms in total.